The maximum absolute atomic E-state index is 12.0. The number of rotatable bonds is 5. The van der Waals surface area contributed by atoms with Crippen molar-refractivity contribution in [3.05, 3.63) is 48.1 Å². The zero-order valence-corrected chi connectivity index (χ0v) is 12.6. The summed E-state index contributed by atoms with van der Waals surface area (Å²) in [5, 5.41) is 14.8. The number of amides is 1. The number of carbonyl (C=O) groups is 2. The van der Waals surface area contributed by atoms with Gasteiger partial charge in [-0.1, -0.05) is 30.4 Å². The van der Waals surface area contributed by atoms with Crippen LogP contribution in [0.25, 0.3) is 0 Å². The monoisotopic (exact) mass is 290 g/mol. The molecule has 0 aromatic heterocycles. The number of hydrogen-bond donors (Lipinski definition) is 3. The Bertz CT molecular complexity index is 508. The lowest BCUT2D eigenvalue weighted by Gasteiger charge is -2.26. The lowest BCUT2D eigenvalue weighted by Crippen LogP contribution is -2.53. The summed E-state index contributed by atoms with van der Waals surface area (Å²) in [6, 6.07) is -0.831. The standard InChI is InChI=1S/C16H22N2O3/c1-16(2,3)18-13(15(20)21)11-17-14(19)12-9-7-5-4-6-8-10-12/h4-10,13,18H,11H2,1-3H3,(H,17,19)(H,20,21)/b5-4-,6-4?,7-5?,8-6-,9-7?,10-8?,12-9?,12-10?. The van der Waals surface area contributed by atoms with Crippen LogP contribution in [0, 0.1) is 0 Å². The molecule has 0 radical (unpaired) electrons. The van der Waals surface area contributed by atoms with Gasteiger partial charge in [-0.2, -0.15) is 0 Å². The van der Waals surface area contributed by atoms with Gasteiger partial charge in [-0.05, 0) is 32.9 Å². The Morgan fingerprint density at radius 3 is 2.38 bits per heavy atom. The van der Waals surface area contributed by atoms with Gasteiger partial charge in [0.15, 0.2) is 0 Å². The van der Waals surface area contributed by atoms with Crippen LogP contribution >= 0.6 is 0 Å². The van der Waals surface area contributed by atoms with Crippen molar-refractivity contribution >= 4 is 11.9 Å². The van der Waals surface area contributed by atoms with Crippen molar-refractivity contribution in [1.82, 2.24) is 10.6 Å². The number of nitrogens with one attached hydrogen (secondary N) is 2. The minimum Gasteiger partial charge on any atom is -0.480 e. The molecule has 114 valence electrons. The van der Waals surface area contributed by atoms with Crippen LogP contribution in [0.5, 0.6) is 0 Å². The fourth-order valence-corrected chi connectivity index (χ4v) is 1.74. The number of carboxylic acid groups (broad SMARTS) is 1. The number of carboxylic acids is 1. The third kappa shape index (κ3) is 6.72. The molecule has 1 aliphatic rings. The molecule has 3 N–H and O–H groups in total. The first kappa shape index (κ1) is 16.9. The first-order valence-electron chi connectivity index (χ1n) is 6.80. The topological polar surface area (TPSA) is 78.4 Å². The fraction of sp³-hybridized carbons (Fsp3) is 0.375. The molecule has 0 saturated heterocycles. The second-order valence-electron chi connectivity index (χ2n) is 5.75. The zero-order valence-electron chi connectivity index (χ0n) is 12.6. The Morgan fingerprint density at radius 1 is 1.14 bits per heavy atom. The summed E-state index contributed by atoms with van der Waals surface area (Å²) in [4.78, 5) is 23.3. The van der Waals surface area contributed by atoms with Crippen molar-refractivity contribution in [2.24, 2.45) is 0 Å². The highest BCUT2D eigenvalue weighted by molar-refractivity contribution is 5.96. The molecule has 1 unspecified atom stereocenters. The van der Waals surface area contributed by atoms with Crippen LogP contribution in [0.4, 0.5) is 0 Å². The smallest absolute Gasteiger partial charge is 0.322 e. The van der Waals surface area contributed by atoms with Crippen molar-refractivity contribution in [2.45, 2.75) is 32.4 Å². The molecule has 0 aromatic rings. The lowest BCUT2D eigenvalue weighted by molar-refractivity contribution is -0.139. The highest BCUT2D eigenvalue weighted by atomic mass is 16.4. The maximum Gasteiger partial charge on any atom is 0.322 e. The maximum atomic E-state index is 12.0. The van der Waals surface area contributed by atoms with Crippen LogP contribution < -0.4 is 10.6 Å². The summed E-state index contributed by atoms with van der Waals surface area (Å²) in [5.41, 5.74) is 0.135. The average Bonchev–Trinajstić information content (AvgIpc) is 2.32. The van der Waals surface area contributed by atoms with Gasteiger partial charge in [0.2, 0.25) is 0 Å². The summed E-state index contributed by atoms with van der Waals surface area (Å²) >= 11 is 0. The van der Waals surface area contributed by atoms with Crippen LogP contribution in [0.15, 0.2) is 48.1 Å². The lowest BCUT2D eigenvalue weighted by atomic mass is 10.1. The Morgan fingerprint density at radius 2 is 1.76 bits per heavy atom. The molecule has 1 aliphatic carbocycles. The van der Waals surface area contributed by atoms with Crippen LogP contribution in [0.3, 0.4) is 0 Å². The van der Waals surface area contributed by atoms with Crippen molar-refractivity contribution in [1.29, 1.82) is 0 Å². The first-order chi connectivity index (χ1) is 9.79. The Hall–Kier alpha value is -2.14. The minimum atomic E-state index is -0.991. The average molecular weight is 290 g/mol. The Labute approximate surface area is 125 Å². The van der Waals surface area contributed by atoms with Gasteiger partial charge < -0.3 is 10.4 Å². The van der Waals surface area contributed by atoms with Gasteiger partial charge in [0.25, 0.3) is 5.91 Å². The van der Waals surface area contributed by atoms with Crippen LogP contribution in [0.1, 0.15) is 20.8 Å². The van der Waals surface area contributed by atoms with E-state index in [1.165, 1.54) is 0 Å². The summed E-state index contributed by atoms with van der Waals surface area (Å²) in [6.07, 6.45) is 12.4. The first-order valence-corrected chi connectivity index (χ1v) is 6.80. The van der Waals surface area contributed by atoms with Crippen LogP contribution in [-0.4, -0.2) is 35.1 Å². The van der Waals surface area contributed by atoms with Gasteiger partial charge in [0.05, 0.1) is 0 Å². The van der Waals surface area contributed by atoms with E-state index in [9.17, 15) is 14.7 Å². The zero-order chi connectivity index (χ0) is 15.9. The second-order valence-corrected chi connectivity index (χ2v) is 5.75. The SMILES string of the molecule is CC(C)(C)NC(CNC(=O)C1=C/C=C\C=C/C=C1)C(=O)O. The molecule has 0 saturated carbocycles. The van der Waals surface area contributed by atoms with Gasteiger partial charge in [0.1, 0.15) is 6.04 Å². The molecule has 5 heteroatoms. The quantitative estimate of drug-likeness (QED) is 0.718. The van der Waals surface area contributed by atoms with E-state index in [4.69, 9.17) is 0 Å². The van der Waals surface area contributed by atoms with E-state index < -0.39 is 12.0 Å². The molecule has 0 bridgehead atoms. The molecular formula is C16H22N2O3. The van der Waals surface area contributed by atoms with E-state index in [0.717, 1.165) is 0 Å². The van der Waals surface area contributed by atoms with Crippen molar-refractivity contribution < 1.29 is 14.7 Å². The molecular weight excluding hydrogens is 268 g/mol. The summed E-state index contributed by atoms with van der Waals surface area (Å²) in [6.45, 7) is 5.65. The van der Waals surface area contributed by atoms with Crippen molar-refractivity contribution in [2.75, 3.05) is 6.54 Å². The van der Waals surface area contributed by atoms with E-state index in [-0.39, 0.29) is 18.0 Å². The second kappa shape index (κ2) is 7.59. The summed E-state index contributed by atoms with van der Waals surface area (Å²) < 4.78 is 0. The Kier molecular flexibility index (Phi) is 6.11. The van der Waals surface area contributed by atoms with Crippen LogP contribution in [-0.2, 0) is 9.59 Å². The number of allylic oxidation sites excluding steroid dienone is 6. The number of hydrogen-bond acceptors (Lipinski definition) is 3. The molecule has 1 atom stereocenters. The predicted molar refractivity (Wildman–Crippen MR) is 82.8 cm³/mol. The molecule has 0 aliphatic heterocycles. The van der Waals surface area contributed by atoms with Gasteiger partial charge in [0, 0.05) is 17.7 Å². The molecule has 0 spiro atoms. The molecule has 0 fully saturated rings. The molecule has 1 rings (SSSR count). The molecule has 21 heavy (non-hydrogen) atoms. The van der Waals surface area contributed by atoms with E-state index >= 15 is 0 Å². The van der Waals surface area contributed by atoms with Gasteiger partial charge in [-0.3, -0.25) is 14.9 Å². The fourth-order valence-electron chi connectivity index (χ4n) is 1.74. The van der Waals surface area contributed by atoms with Crippen molar-refractivity contribution in [3.8, 4) is 0 Å². The van der Waals surface area contributed by atoms with Crippen LogP contribution in [0.2, 0.25) is 0 Å². The van der Waals surface area contributed by atoms with E-state index in [1.807, 2.05) is 39.0 Å². The normalized spacial score (nSPS) is 18.9. The van der Waals surface area contributed by atoms with E-state index in [2.05, 4.69) is 10.6 Å². The van der Waals surface area contributed by atoms with Crippen molar-refractivity contribution in [3.63, 3.8) is 0 Å². The number of aliphatic carboxylic acids is 1. The van der Waals surface area contributed by atoms with Gasteiger partial charge in [-0.15, -0.1) is 0 Å². The largest absolute Gasteiger partial charge is 0.480 e. The Balaban J connectivity index is 2.63. The van der Waals surface area contributed by atoms with E-state index in [1.54, 1.807) is 24.3 Å². The highest BCUT2D eigenvalue weighted by Crippen LogP contribution is 2.04. The van der Waals surface area contributed by atoms with Gasteiger partial charge >= 0.3 is 5.97 Å². The van der Waals surface area contributed by atoms with Gasteiger partial charge in [-0.25, -0.2) is 0 Å². The molecule has 1 amide bonds. The minimum absolute atomic E-state index is 0.0240. The molecule has 5 nitrogen and oxygen atoms in total. The molecule has 0 aromatic carbocycles. The summed E-state index contributed by atoms with van der Waals surface area (Å²) in [7, 11) is 0. The van der Waals surface area contributed by atoms with E-state index in [0.29, 0.717) is 5.57 Å². The third-order valence-electron chi connectivity index (χ3n) is 2.63. The highest BCUT2D eigenvalue weighted by Gasteiger charge is 2.23. The summed E-state index contributed by atoms with van der Waals surface area (Å²) in [5.74, 6) is -1.29. The third-order valence-corrected chi connectivity index (χ3v) is 2.63. The number of carbonyl (C=O) groups excluding carboxylic acids is 1. The molecule has 0 heterocycles. The predicted octanol–water partition coefficient (Wildman–Crippen LogP) is 1.55.